The van der Waals surface area contributed by atoms with Crippen LogP contribution in [0, 0.1) is 0 Å². The summed E-state index contributed by atoms with van der Waals surface area (Å²) in [6, 6.07) is 8.39. The second kappa shape index (κ2) is 6.64. The van der Waals surface area contributed by atoms with Crippen molar-refractivity contribution >= 4 is 73.7 Å². The Kier molecular flexibility index (Phi) is 5.56. The molecule has 8 heteroatoms. The molecule has 0 atom stereocenters. The molecule has 108 valence electrons. The molecule has 3 nitrogen and oxygen atoms in total. The average molecular weight is 551 g/mol. The van der Waals surface area contributed by atoms with Crippen LogP contribution in [-0.4, -0.2) is 12.4 Å². The van der Waals surface area contributed by atoms with Crippen molar-refractivity contribution in [2.45, 2.75) is 15.6 Å². The van der Waals surface area contributed by atoms with Crippen molar-refractivity contribution in [2.75, 3.05) is 0 Å². The van der Waals surface area contributed by atoms with Crippen molar-refractivity contribution in [2.24, 2.45) is 0 Å². The average Bonchev–Trinajstić information content (AvgIpc) is 2.72. The number of rotatable bonds is 4. The van der Waals surface area contributed by atoms with Gasteiger partial charge in [-0.3, -0.25) is 0 Å². The van der Waals surface area contributed by atoms with Crippen LogP contribution in [0.1, 0.15) is 11.4 Å². The van der Waals surface area contributed by atoms with Crippen LogP contribution in [0.5, 0.6) is 0 Å². The van der Waals surface area contributed by atoms with Gasteiger partial charge in [0.1, 0.15) is 0 Å². The molecule has 0 spiro atoms. The zero-order valence-corrected chi connectivity index (χ0v) is 17.1. The molecule has 1 aromatic carbocycles. The topological polar surface area (TPSA) is 39.1 Å². The van der Waals surface area contributed by atoms with Gasteiger partial charge in [-0.25, -0.2) is 12.4 Å². The highest BCUT2D eigenvalue weighted by molar-refractivity contribution is 9.13. The van der Waals surface area contributed by atoms with Gasteiger partial charge < -0.3 is 0 Å². The zero-order chi connectivity index (χ0) is 14.9. The number of hydrogen-bond acceptors (Lipinski definition) is 2. The van der Waals surface area contributed by atoms with Gasteiger partial charge in [0.2, 0.25) is 0 Å². The molecule has 0 fully saturated rings. The molecular formula is C12H9Br4NO2S. The van der Waals surface area contributed by atoms with Gasteiger partial charge in [0, 0.05) is 10.7 Å². The first-order valence-corrected chi connectivity index (χ1v) is 10.7. The van der Waals surface area contributed by atoms with E-state index in [4.69, 9.17) is 0 Å². The molecule has 0 aliphatic carbocycles. The van der Waals surface area contributed by atoms with Gasteiger partial charge in [0.05, 0.1) is 25.2 Å². The quantitative estimate of drug-likeness (QED) is 0.501. The molecule has 0 bridgehead atoms. The first-order valence-electron chi connectivity index (χ1n) is 5.45. The molecular weight excluding hydrogens is 542 g/mol. The normalized spacial score (nSPS) is 11.8. The highest BCUT2D eigenvalue weighted by atomic mass is 79.9. The maximum Gasteiger partial charge on any atom is 0.268 e. The molecule has 0 aliphatic heterocycles. The Labute approximate surface area is 151 Å². The second-order valence-corrected chi connectivity index (χ2v) is 8.37. The third-order valence-corrected chi connectivity index (χ3v) is 7.82. The lowest BCUT2D eigenvalue weighted by Crippen LogP contribution is -2.17. The lowest BCUT2D eigenvalue weighted by atomic mass is 10.4. The van der Waals surface area contributed by atoms with Crippen LogP contribution in [0.25, 0.3) is 0 Å². The summed E-state index contributed by atoms with van der Waals surface area (Å²) < 4.78 is 28.5. The zero-order valence-electron chi connectivity index (χ0n) is 9.98. The molecule has 0 radical (unpaired) electrons. The minimum absolute atomic E-state index is 0.263. The molecule has 0 saturated heterocycles. The highest BCUT2D eigenvalue weighted by Gasteiger charge is 2.27. The first-order chi connectivity index (χ1) is 9.45. The summed E-state index contributed by atoms with van der Waals surface area (Å²) in [5.41, 5.74) is 1.30. The van der Waals surface area contributed by atoms with E-state index >= 15 is 0 Å². The number of nitrogens with zero attached hydrogens (tertiary/aromatic N) is 1. The monoisotopic (exact) mass is 547 g/mol. The van der Waals surface area contributed by atoms with Crippen LogP contribution in [0.15, 0.2) is 44.2 Å². The first kappa shape index (κ1) is 16.7. The number of halogens is 4. The Balaban J connectivity index is 2.79. The van der Waals surface area contributed by atoms with E-state index in [2.05, 4.69) is 63.7 Å². The summed E-state index contributed by atoms with van der Waals surface area (Å²) in [7, 11) is -3.63. The van der Waals surface area contributed by atoms with E-state index in [-0.39, 0.29) is 4.90 Å². The van der Waals surface area contributed by atoms with Gasteiger partial charge in [-0.05, 0) is 44.0 Å². The van der Waals surface area contributed by atoms with Crippen LogP contribution in [-0.2, 0) is 20.7 Å². The fourth-order valence-electron chi connectivity index (χ4n) is 1.81. The van der Waals surface area contributed by atoms with Crippen molar-refractivity contribution < 1.29 is 8.42 Å². The van der Waals surface area contributed by atoms with Crippen molar-refractivity contribution in [3.63, 3.8) is 0 Å². The minimum Gasteiger partial charge on any atom is -0.239 e. The van der Waals surface area contributed by atoms with E-state index in [1.165, 1.54) is 3.97 Å². The van der Waals surface area contributed by atoms with Gasteiger partial charge in [0.15, 0.2) is 0 Å². The summed E-state index contributed by atoms with van der Waals surface area (Å²) in [5.74, 6) is 0. The van der Waals surface area contributed by atoms with Gasteiger partial charge in [-0.1, -0.05) is 50.1 Å². The van der Waals surface area contributed by atoms with Gasteiger partial charge in [-0.15, -0.1) is 0 Å². The predicted molar refractivity (Wildman–Crippen MR) is 94.1 cm³/mol. The van der Waals surface area contributed by atoms with Gasteiger partial charge in [-0.2, -0.15) is 0 Å². The summed E-state index contributed by atoms with van der Waals surface area (Å²) in [4.78, 5) is 0.263. The molecule has 1 heterocycles. The minimum atomic E-state index is -3.63. The fourth-order valence-corrected chi connectivity index (χ4v) is 6.89. The van der Waals surface area contributed by atoms with Crippen molar-refractivity contribution in [3.8, 4) is 0 Å². The number of alkyl halides is 2. The van der Waals surface area contributed by atoms with E-state index in [1.54, 1.807) is 30.3 Å². The van der Waals surface area contributed by atoms with E-state index < -0.39 is 10.0 Å². The van der Waals surface area contributed by atoms with Crippen molar-refractivity contribution in [1.82, 2.24) is 3.97 Å². The summed E-state index contributed by atoms with van der Waals surface area (Å²) >= 11 is 13.6. The molecule has 1 aromatic heterocycles. The molecule has 2 rings (SSSR count). The standard InChI is InChI=1S/C12H9Br4NO2S/c13-6-9-11(15)12(16)10(7-14)17(9)20(18,19)8-4-2-1-3-5-8/h1-5H,6-7H2. The van der Waals surface area contributed by atoms with E-state index in [0.717, 1.165) is 8.95 Å². The maximum absolute atomic E-state index is 12.8. The van der Waals surface area contributed by atoms with Gasteiger partial charge >= 0.3 is 0 Å². The fraction of sp³-hybridized carbons (Fsp3) is 0.167. The third-order valence-electron chi connectivity index (χ3n) is 2.72. The van der Waals surface area contributed by atoms with Crippen LogP contribution in [0.3, 0.4) is 0 Å². The van der Waals surface area contributed by atoms with Crippen LogP contribution < -0.4 is 0 Å². The smallest absolute Gasteiger partial charge is 0.239 e. The molecule has 0 N–H and O–H groups in total. The molecule has 0 aliphatic rings. The van der Waals surface area contributed by atoms with Crippen molar-refractivity contribution in [3.05, 3.63) is 50.7 Å². The third kappa shape index (κ3) is 2.82. The molecule has 0 unspecified atom stereocenters. The Morgan fingerprint density at radius 2 is 1.35 bits per heavy atom. The van der Waals surface area contributed by atoms with Crippen LogP contribution in [0.2, 0.25) is 0 Å². The van der Waals surface area contributed by atoms with Crippen LogP contribution >= 0.6 is 63.7 Å². The Morgan fingerprint density at radius 3 is 1.75 bits per heavy atom. The van der Waals surface area contributed by atoms with Crippen molar-refractivity contribution in [1.29, 1.82) is 0 Å². The summed E-state index contributed by atoms with van der Waals surface area (Å²) in [5, 5.41) is 0.844. The largest absolute Gasteiger partial charge is 0.268 e. The molecule has 0 amide bonds. The Bertz CT molecular complexity index is 698. The second-order valence-electron chi connectivity index (χ2n) is 3.87. The lowest BCUT2D eigenvalue weighted by molar-refractivity contribution is 0.584. The molecule has 2 aromatic rings. The van der Waals surface area contributed by atoms with E-state index in [1.807, 2.05) is 0 Å². The molecule has 0 saturated carbocycles. The van der Waals surface area contributed by atoms with Gasteiger partial charge in [0.25, 0.3) is 10.0 Å². The van der Waals surface area contributed by atoms with E-state index in [0.29, 0.717) is 22.0 Å². The lowest BCUT2D eigenvalue weighted by Gasteiger charge is -2.12. The molecule has 20 heavy (non-hydrogen) atoms. The number of hydrogen-bond donors (Lipinski definition) is 0. The predicted octanol–water partition coefficient (Wildman–Crippen LogP) is 5.04. The SMILES string of the molecule is O=S(=O)(c1ccccc1)n1c(CBr)c(Br)c(Br)c1CBr. The summed E-state index contributed by atoms with van der Waals surface area (Å²) in [6.07, 6.45) is 0. The van der Waals surface area contributed by atoms with E-state index in [9.17, 15) is 8.42 Å². The highest BCUT2D eigenvalue weighted by Crippen LogP contribution is 2.37. The Morgan fingerprint density at radius 1 is 0.900 bits per heavy atom. The maximum atomic E-state index is 12.8. The number of aromatic nitrogens is 1. The summed E-state index contributed by atoms with van der Waals surface area (Å²) in [6.45, 7) is 0. The van der Waals surface area contributed by atoms with Crippen LogP contribution in [0.4, 0.5) is 0 Å². The number of benzene rings is 1. The Hall–Kier alpha value is 0.370.